The fourth-order valence-electron chi connectivity index (χ4n) is 8.66. The van der Waals surface area contributed by atoms with Crippen LogP contribution in [0.2, 0.25) is 0 Å². The maximum Gasteiger partial charge on any atom is 0.161 e. The van der Waals surface area contributed by atoms with Crippen LogP contribution in [-0.2, 0) is 38.5 Å². The van der Waals surface area contributed by atoms with Gasteiger partial charge in [-0.1, -0.05) is 0 Å². The van der Waals surface area contributed by atoms with Gasteiger partial charge in [0.15, 0.2) is 46.0 Å². The molecule has 56 heavy (non-hydrogen) atoms. The standard InChI is InChI=1S/C46H60N2O8/c1-47-17-15-31-23-41(51-5)45(55-9)27-35(31)37(47)19-33-25-43(53-7)39(49-3)21-29(33)13-11-12-14-30-22-40(50-4)44(54-8)26-34(30)20-38-36-28-46(56-10)42(52-6)24-32(36)16-18-48(38)2/h21-28,37-38H,11-20H2,1-10H3/t37-,38+. The molecule has 0 N–H and O–H groups in total. The number of benzene rings is 4. The van der Waals surface area contributed by atoms with Crippen molar-refractivity contribution < 1.29 is 37.9 Å². The van der Waals surface area contributed by atoms with E-state index in [2.05, 4.69) is 72.4 Å². The summed E-state index contributed by atoms with van der Waals surface area (Å²) < 4.78 is 46.1. The first-order valence-electron chi connectivity index (χ1n) is 19.6. The van der Waals surface area contributed by atoms with Crippen molar-refractivity contribution in [2.24, 2.45) is 0 Å². The number of hydrogen-bond donors (Lipinski definition) is 0. The van der Waals surface area contributed by atoms with E-state index in [4.69, 9.17) is 37.9 Å². The fourth-order valence-corrected chi connectivity index (χ4v) is 8.66. The van der Waals surface area contributed by atoms with Gasteiger partial charge < -0.3 is 37.9 Å². The van der Waals surface area contributed by atoms with Gasteiger partial charge in [0.1, 0.15) is 0 Å². The van der Waals surface area contributed by atoms with Gasteiger partial charge in [0.05, 0.1) is 56.9 Å². The summed E-state index contributed by atoms with van der Waals surface area (Å²) in [7, 11) is 18.0. The predicted molar refractivity (Wildman–Crippen MR) is 220 cm³/mol. The smallest absolute Gasteiger partial charge is 0.161 e. The highest BCUT2D eigenvalue weighted by Gasteiger charge is 2.30. The van der Waals surface area contributed by atoms with Crippen LogP contribution in [0.1, 0.15) is 69.4 Å². The zero-order valence-electron chi connectivity index (χ0n) is 35.0. The second-order valence-electron chi connectivity index (χ2n) is 14.9. The van der Waals surface area contributed by atoms with Gasteiger partial charge in [-0.3, -0.25) is 9.80 Å². The molecule has 0 bridgehead atoms. The molecule has 0 amide bonds. The predicted octanol–water partition coefficient (Wildman–Crippen LogP) is 7.86. The van der Waals surface area contributed by atoms with Crippen molar-refractivity contribution in [1.29, 1.82) is 0 Å². The average Bonchev–Trinajstić information content (AvgIpc) is 3.23. The van der Waals surface area contributed by atoms with Crippen LogP contribution in [0.15, 0.2) is 48.5 Å². The molecular formula is C46H60N2O8. The Morgan fingerprint density at radius 1 is 0.411 bits per heavy atom. The highest BCUT2D eigenvalue weighted by atomic mass is 16.5. The van der Waals surface area contributed by atoms with E-state index in [-0.39, 0.29) is 12.1 Å². The first-order chi connectivity index (χ1) is 27.2. The Labute approximate surface area is 333 Å². The number of ether oxygens (including phenoxy) is 8. The Bertz CT molecular complexity index is 1840. The number of unbranched alkanes of at least 4 members (excludes halogenated alkanes) is 1. The fraction of sp³-hybridized carbons (Fsp3) is 0.478. The van der Waals surface area contributed by atoms with E-state index in [0.29, 0.717) is 0 Å². The lowest BCUT2D eigenvalue weighted by Gasteiger charge is -2.36. The van der Waals surface area contributed by atoms with Crippen LogP contribution in [0.25, 0.3) is 0 Å². The molecule has 2 aliphatic rings. The van der Waals surface area contributed by atoms with E-state index in [1.807, 2.05) is 0 Å². The van der Waals surface area contributed by atoms with E-state index in [0.717, 1.165) is 110 Å². The van der Waals surface area contributed by atoms with Crippen molar-refractivity contribution >= 4 is 0 Å². The number of fused-ring (bicyclic) bond motifs is 2. The Kier molecular flexibility index (Phi) is 13.4. The summed E-state index contributed by atoms with van der Waals surface area (Å²) in [5.41, 5.74) is 10.3. The van der Waals surface area contributed by atoms with Gasteiger partial charge in [-0.2, -0.15) is 0 Å². The first-order valence-corrected chi connectivity index (χ1v) is 19.6. The van der Waals surface area contributed by atoms with Gasteiger partial charge >= 0.3 is 0 Å². The van der Waals surface area contributed by atoms with E-state index in [1.54, 1.807) is 56.9 Å². The summed E-state index contributed by atoms with van der Waals surface area (Å²) in [6.45, 7) is 1.93. The normalized spacial score (nSPS) is 16.8. The average molecular weight is 769 g/mol. The minimum Gasteiger partial charge on any atom is -0.493 e. The second-order valence-corrected chi connectivity index (χ2v) is 14.9. The zero-order chi connectivity index (χ0) is 39.9. The van der Waals surface area contributed by atoms with Crippen molar-refractivity contribution in [3.05, 3.63) is 93.0 Å². The van der Waals surface area contributed by atoms with Crippen LogP contribution >= 0.6 is 0 Å². The molecule has 0 saturated carbocycles. The van der Waals surface area contributed by atoms with Crippen molar-refractivity contribution in [3.8, 4) is 46.0 Å². The van der Waals surface area contributed by atoms with Crippen LogP contribution in [0, 0.1) is 0 Å². The number of likely N-dealkylation sites (N-methyl/N-ethyl adjacent to an activating group) is 2. The van der Waals surface area contributed by atoms with Gasteiger partial charge in [0, 0.05) is 25.2 Å². The third-order valence-corrected chi connectivity index (χ3v) is 11.9. The quantitative estimate of drug-likeness (QED) is 0.0992. The summed E-state index contributed by atoms with van der Waals surface area (Å²) in [5.74, 6) is 6.06. The molecule has 0 aromatic heterocycles. The van der Waals surface area contributed by atoms with E-state index in [1.165, 1.54) is 44.5 Å². The molecule has 0 fully saturated rings. The Hall–Kier alpha value is -4.80. The first kappa shape index (κ1) is 40.9. The molecule has 0 unspecified atom stereocenters. The van der Waals surface area contributed by atoms with Crippen molar-refractivity contribution in [1.82, 2.24) is 9.80 Å². The van der Waals surface area contributed by atoms with Crippen molar-refractivity contribution in [3.63, 3.8) is 0 Å². The van der Waals surface area contributed by atoms with Crippen LogP contribution in [0.4, 0.5) is 0 Å². The maximum absolute atomic E-state index is 5.82. The van der Waals surface area contributed by atoms with Gasteiger partial charge in [-0.15, -0.1) is 0 Å². The summed E-state index contributed by atoms with van der Waals surface area (Å²) >= 11 is 0. The third kappa shape index (κ3) is 8.47. The lowest BCUT2D eigenvalue weighted by Crippen LogP contribution is -2.33. The van der Waals surface area contributed by atoms with Crippen molar-refractivity contribution in [2.75, 3.05) is 84.1 Å². The number of methoxy groups -OCH3 is 8. The Morgan fingerprint density at radius 3 is 1.02 bits per heavy atom. The number of nitrogens with zero attached hydrogens (tertiary/aromatic N) is 2. The molecular weight excluding hydrogens is 709 g/mol. The molecule has 10 nitrogen and oxygen atoms in total. The minimum atomic E-state index is 0.175. The van der Waals surface area contributed by atoms with E-state index >= 15 is 0 Å². The molecule has 0 aliphatic carbocycles. The molecule has 10 heteroatoms. The third-order valence-electron chi connectivity index (χ3n) is 11.9. The van der Waals surface area contributed by atoms with Crippen molar-refractivity contribution in [2.45, 2.75) is 63.5 Å². The van der Waals surface area contributed by atoms with Crippen LogP contribution in [-0.4, -0.2) is 93.9 Å². The summed E-state index contributed by atoms with van der Waals surface area (Å²) in [6, 6.07) is 17.7. The van der Waals surface area contributed by atoms with Crippen LogP contribution in [0.5, 0.6) is 46.0 Å². The zero-order valence-corrected chi connectivity index (χ0v) is 35.0. The summed E-state index contributed by atoms with van der Waals surface area (Å²) in [5, 5.41) is 0. The number of rotatable bonds is 17. The largest absolute Gasteiger partial charge is 0.493 e. The van der Waals surface area contributed by atoms with Gasteiger partial charge in [0.2, 0.25) is 0 Å². The Morgan fingerprint density at radius 2 is 0.696 bits per heavy atom. The highest BCUT2D eigenvalue weighted by molar-refractivity contribution is 5.53. The van der Waals surface area contributed by atoms with Crippen LogP contribution < -0.4 is 37.9 Å². The number of aryl methyl sites for hydroxylation is 2. The van der Waals surface area contributed by atoms with Gasteiger partial charge in [-0.05, 0) is 159 Å². The molecule has 2 atom stereocenters. The molecule has 0 saturated heterocycles. The highest BCUT2D eigenvalue weighted by Crippen LogP contribution is 2.43. The lowest BCUT2D eigenvalue weighted by molar-refractivity contribution is 0.227. The molecule has 0 spiro atoms. The SMILES string of the molecule is COc1cc(CCCCc2cc(OC)c(OC)cc2C[C@H]2c3cc(OC)c(OC)cc3CCN2C)c(C[C@@H]2c3cc(OC)c(OC)cc3CCN2C)cc1OC. The monoisotopic (exact) mass is 768 g/mol. The van der Waals surface area contributed by atoms with Gasteiger partial charge in [0.25, 0.3) is 0 Å². The summed E-state index contributed by atoms with van der Waals surface area (Å²) in [4.78, 5) is 4.89. The lowest BCUT2D eigenvalue weighted by atomic mass is 9.86. The van der Waals surface area contributed by atoms with Crippen LogP contribution in [0.3, 0.4) is 0 Å². The summed E-state index contributed by atoms with van der Waals surface area (Å²) in [6.07, 6.45) is 7.42. The second kappa shape index (κ2) is 18.4. The molecule has 302 valence electrons. The van der Waals surface area contributed by atoms with E-state index < -0.39 is 0 Å². The number of hydrogen-bond acceptors (Lipinski definition) is 10. The molecule has 4 aromatic rings. The minimum absolute atomic E-state index is 0.175. The maximum atomic E-state index is 5.82. The van der Waals surface area contributed by atoms with E-state index in [9.17, 15) is 0 Å². The molecule has 2 heterocycles. The molecule has 2 aliphatic heterocycles. The van der Waals surface area contributed by atoms with Gasteiger partial charge in [-0.25, -0.2) is 0 Å². The molecule has 4 aromatic carbocycles. The molecule has 0 radical (unpaired) electrons. The topological polar surface area (TPSA) is 80.3 Å². The Balaban J connectivity index is 1.25. The molecule has 6 rings (SSSR count).